The van der Waals surface area contributed by atoms with Crippen LogP contribution in [0.1, 0.15) is 46.6 Å². The molecular formula is C19H33ClN2O2. The van der Waals surface area contributed by atoms with Gasteiger partial charge in [-0.15, -0.1) is 0 Å². The van der Waals surface area contributed by atoms with E-state index in [1.54, 1.807) is 0 Å². The molecule has 0 bridgehead atoms. The van der Waals surface area contributed by atoms with Gasteiger partial charge in [-0.1, -0.05) is 25.4 Å². The molecule has 0 aliphatic carbocycles. The molecule has 0 heterocycles. The van der Waals surface area contributed by atoms with Gasteiger partial charge in [0.2, 0.25) is 0 Å². The lowest BCUT2D eigenvalue weighted by atomic mass is 10.2. The fraction of sp³-hybridized carbons (Fsp3) is 0.684. The van der Waals surface area contributed by atoms with Crippen LogP contribution in [0, 0.1) is 0 Å². The van der Waals surface area contributed by atoms with Crippen molar-refractivity contribution < 1.29 is 9.47 Å². The highest BCUT2D eigenvalue weighted by Gasteiger charge is 2.14. The van der Waals surface area contributed by atoms with Crippen LogP contribution < -0.4 is 14.8 Å². The molecule has 138 valence electrons. The molecule has 0 spiro atoms. The predicted molar refractivity (Wildman–Crippen MR) is 102 cm³/mol. The molecule has 0 saturated carbocycles. The van der Waals surface area contributed by atoms with Gasteiger partial charge in [0.15, 0.2) is 11.5 Å². The summed E-state index contributed by atoms with van der Waals surface area (Å²) in [5, 5.41) is 4.09. The number of ether oxygens (including phenoxy) is 2. The lowest BCUT2D eigenvalue weighted by Crippen LogP contribution is -2.27. The summed E-state index contributed by atoms with van der Waals surface area (Å²) >= 11 is 6.39. The zero-order valence-electron chi connectivity index (χ0n) is 15.8. The number of rotatable bonds is 12. The van der Waals surface area contributed by atoms with Gasteiger partial charge in [0, 0.05) is 6.54 Å². The SMILES string of the molecule is CCOc1cc(CNCCCN(CC)CC)cc(Cl)c1OC(C)C. The Kier molecular flexibility index (Phi) is 10.2. The molecule has 0 radical (unpaired) electrons. The minimum atomic E-state index is 0.0609. The Hall–Kier alpha value is -0.970. The zero-order valence-corrected chi connectivity index (χ0v) is 16.6. The molecule has 4 nitrogen and oxygen atoms in total. The molecule has 0 unspecified atom stereocenters. The van der Waals surface area contributed by atoms with Gasteiger partial charge in [0.1, 0.15) is 0 Å². The molecular weight excluding hydrogens is 324 g/mol. The number of hydrogen-bond acceptors (Lipinski definition) is 4. The number of nitrogens with zero attached hydrogens (tertiary/aromatic N) is 1. The summed E-state index contributed by atoms with van der Waals surface area (Å²) < 4.78 is 11.5. The maximum absolute atomic E-state index is 6.39. The van der Waals surface area contributed by atoms with Gasteiger partial charge in [0.25, 0.3) is 0 Å². The van der Waals surface area contributed by atoms with Crippen LogP contribution in [-0.4, -0.2) is 43.8 Å². The second-order valence-corrected chi connectivity index (χ2v) is 6.47. The van der Waals surface area contributed by atoms with Crippen molar-refractivity contribution in [3.63, 3.8) is 0 Å². The molecule has 1 rings (SSSR count). The monoisotopic (exact) mass is 356 g/mol. The predicted octanol–water partition coefficient (Wildman–Crippen LogP) is 4.35. The van der Waals surface area contributed by atoms with E-state index in [4.69, 9.17) is 21.1 Å². The molecule has 1 N–H and O–H groups in total. The molecule has 0 atom stereocenters. The van der Waals surface area contributed by atoms with E-state index < -0.39 is 0 Å². The van der Waals surface area contributed by atoms with Gasteiger partial charge in [-0.25, -0.2) is 0 Å². The van der Waals surface area contributed by atoms with Crippen LogP contribution in [0.4, 0.5) is 0 Å². The van der Waals surface area contributed by atoms with E-state index in [1.807, 2.05) is 32.9 Å². The third-order valence-corrected chi connectivity index (χ3v) is 4.05. The summed E-state index contributed by atoms with van der Waals surface area (Å²) in [6.07, 6.45) is 1.20. The Morgan fingerprint density at radius 2 is 1.88 bits per heavy atom. The Labute approximate surface area is 152 Å². The number of benzene rings is 1. The van der Waals surface area contributed by atoms with Gasteiger partial charge in [-0.3, -0.25) is 0 Å². The van der Waals surface area contributed by atoms with Crippen LogP contribution in [0.25, 0.3) is 0 Å². The van der Waals surface area contributed by atoms with Crippen molar-refractivity contribution in [2.75, 3.05) is 32.8 Å². The summed E-state index contributed by atoms with van der Waals surface area (Å²) in [6.45, 7) is 16.0. The average molecular weight is 357 g/mol. The largest absolute Gasteiger partial charge is 0.490 e. The van der Waals surface area contributed by atoms with Crippen molar-refractivity contribution in [2.24, 2.45) is 0 Å². The molecule has 0 aliphatic heterocycles. The van der Waals surface area contributed by atoms with Gasteiger partial charge in [0.05, 0.1) is 17.7 Å². The van der Waals surface area contributed by atoms with E-state index in [0.717, 1.165) is 50.5 Å². The third-order valence-electron chi connectivity index (χ3n) is 3.77. The third kappa shape index (κ3) is 7.29. The zero-order chi connectivity index (χ0) is 17.9. The lowest BCUT2D eigenvalue weighted by molar-refractivity contribution is 0.224. The van der Waals surface area contributed by atoms with Crippen LogP contribution >= 0.6 is 11.6 Å². The Balaban J connectivity index is 2.59. The fourth-order valence-electron chi connectivity index (χ4n) is 2.54. The van der Waals surface area contributed by atoms with Crippen molar-refractivity contribution in [1.29, 1.82) is 0 Å². The second-order valence-electron chi connectivity index (χ2n) is 6.06. The van der Waals surface area contributed by atoms with E-state index >= 15 is 0 Å². The number of nitrogens with one attached hydrogen (secondary N) is 1. The first-order valence-corrected chi connectivity index (χ1v) is 9.44. The molecule has 1 aromatic carbocycles. The Morgan fingerprint density at radius 3 is 2.46 bits per heavy atom. The van der Waals surface area contributed by atoms with E-state index in [9.17, 15) is 0 Å². The minimum absolute atomic E-state index is 0.0609. The van der Waals surface area contributed by atoms with Crippen molar-refractivity contribution in [2.45, 2.75) is 53.7 Å². The number of hydrogen-bond donors (Lipinski definition) is 1. The smallest absolute Gasteiger partial charge is 0.180 e. The molecule has 1 aromatic rings. The molecule has 0 fully saturated rings. The molecule has 0 aromatic heterocycles. The van der Waals surface area contributed by atoms with Crippen molar-refractivity contribution in [1.82, 2.24) is 10.2 Å². The molecule has 0 saturated heterocycles. The van der Waals surface area contributed by atoms with Crippen LogP contribution in [0.15, 0.2) is 12.1 Å². The van der Waals surface area contributed by atoms with Crippen molar-refractivity contribution in [3.05, 3.63) is 22.7 Å². The van der Waals surface area contributed by atoms with Crippen LogP contribution in [0.2, 0.25) is 5.02 Å². The first-order valence-electron chi connectivity index (χ1n) is 9.06. The van der Waals surface area contributed by atoms with E-state index in [1.165, 1.54) is 0 Å². The first-order chi connectivity index (χ1) is 11.5. The highest BCUT2D eigenvalue weighted by atomic mass is 35.5. The average Bonchev–Trinajstić information content (AvgIpc) is 2.54. The lowest BCUT2D eigenvalue weighted by Gasteiger charge is -2.18. The van der Waals surface area contributed by atoms with Crippen LogP contribution in [0.3, 0.4) is 0 Å². The highest BCUT2D eigenvalue weighted by molar-refractivity contribution is 6.32. The maximum atomic E-state index is 6.39. The molecule has 5 heteroatoms. The van der Waals surface area contributed by atoms with E-state index in [2.05, 4.69) is 24.1 Å². The quantitative estimate of drug-likeness (QED) is 0.564. The summed E-state index contributed by atoms with van der Waals surface area (Å²) in [4.78, 5) is 2.43. The van der Waals surface area contributed by atoms with Crippen LogP contribution in [0.5, 0.6) is 11.5 Å². The summed E-state index contributed by atoms with van der Waals surface area (Å²) in [7, 11) is 0. The normalized spacial score (nSPS) is 11.3. The topological polar surface area (TPSA) is 33.7 Å². The van der Waals surface area contributed by atoms with Crippen LogP contribution in [-0.2, 0) is 6.54 Å². The minimum Gasteiger partial charge on any atom is -0.490 e. The Morgan fingerprint density at radius 1 is 1.17 bits per heavy atom. The summed E-state index contributed by atoms with van der Waals surface area (Å²) in [5.41, 5.74) is 1.11. The van der Waals surface area contributed by atoms with Gasteiger partial charge in [-0.05, 0) is 71.1 Å². The fourth-order valence-corrected chi connectivity index (χ4v) is 2.81. The van der Waals surface area contributed by atoms with E-state index in [-0.39, 0.29) is 6.10 Å². The number of halogens is 1. The summed E-state index contributed by atoms with van der Waals surface area (Å²) in [5.74, 6) is 1.36. The Bertz CT molecular complexity index is 477. The molecule has 0 amide bonds. The first kappa shape index (κ1) is 21.1. The van der Waals surface area contributed by atoms with Gasteiger partial charge < -0.3 is 19.7 Å². The van der Waals surface area contributed by atoms with Gasteiger partial charge >= 0.3 is 0 Å². The maximum Gasteiger partial charge on any atom is 0.180 e. The second kappa shape index (κ2) is 11.6. The standard InChI is InChI=1S/C19H33ClN2O2/c1-6-22(7-2)11-9-10-21-14-16-12-17(20)19(24-15(4)5)18(13-16)23-8-3/h12-13,15,21H,6-11,14H2,1-5H3. The highest BCUT2D eigenvalue weighted by Crippen LogP contribution is 2.37. The van der Waals surface area contributed by atoms with Crippen molar-refractivity contribution in [3.8, 4) is 11.5 Å². The van der Waals surface area contributed by atoms with Gasteiger partial charge in [-0.2, -0.15) is 0 Å². The van der Waals surface area contributed by atoms with E-state index in [0.29, 0.717) is 17.4 Å². The summed E-state index contributed by atoms with van der Waals surface area (Å²) in [6, 6.07) is 3.98. The molecule has 0 aliphatic rings. The van der Waals surface area contributed by atoms with Crippen molar-refractivity contribution >= 4 is 11.6 Å². The molecule has 24 heavy (non-hydrogen) atoms.